The van der Waals surface area contributed by atoms with E-state index in [0.29, 0.717) is 18.9 Å². The lowest BCUT2D eigenvalue weighted by molar-refractivity contribution is 0.558. The van der Waals surface area contributed by atoms with Gasteiger partial charge in [0.05, 0.1) is 0 Å². The molecule has 5 nitrogen and oxygen atoms in total. The van der Waals surface area contributed by atoms with E-state index in [0.717, 1.165) is 23.2 Å². The first-order valence-corrected chi connectivity index (χ1v) is 15.8. The smallest absolute Gasteiger partial charge is 0.349 e. The molecule has 0 bridgehead atoms. The third-order valence-corrected chi connectivity index (χ3v) is 8.39. The summed E-state index contributed by atoms with van der Waals surface area (Å²) in [4.78, 5) is 17.8. The first kappa shape index (κ1) is 31.9. The summed E-state index contributed by atoms with van der Waals surface area (Å²) in [5, 5.41) is 7.24. The molecular formula is C40H46N4O. The summed E-state index contributed by atoms with van der Waals surface area (Å²) >= 11 is 0. The monoisotopic (exact) mass is 598 g/mol. The number of nitrogens with one attached hydrogen (secondary N) is 2. The second-order valence-electron chi connectivity index (χ2n) is 13.9. The number of anilines is 1. The fraction of sp³-hybridized carbons (Fsp3) is 0.300. The van der Waals surface area contributed by atoms with E-state index in [2.05, 4.69) is 112 Å². The minimum Gasteiger partial charge on any atom is -0.352 e. The molecule has 0 atom stereocenters. The van der Waals surface area contributed by atoms with Crippen molar-refractivity contribution in [2.75, 3.05) is 11.9 Å². The van der Waals surface area contributed by atoms with Crippen LogP contribution in [-0.2, 0) is 29.5 Å². The number of aromatic nitrogens is 2. The van der Waals surface area contributed by atoms with Crippen LogP contribution in [0.1, 0.15) is 74.9 Å². The van der Waals surface area contributed by atoms with Crippen molar-refractivity contribution in [3.05, 3.63) is 165 Å². The molecule has 0 radical (unpaired) electrons. The molecule has 45 heavy (non-hydrogen) atoms. The van der Waals surface area contributed by atoms with Gasteiger partial charge in [0, 0.05) is 25.8 Å². The van der Waals surface area contributed by atoms with Crippen LogP contribution in [0.2, 0.25) is 0 Å². The maximum absolute atomic E-state index is 13.3. The van der Waals surface area contributed by atoms with E-state index in [4.69, 9.17) is 0 Å². The second kappa shape index (κ2) is 13.3. The van der Waals surface area contributed by atoms with E-state index in [1.54, 1.807) is 4.57 Å². The number of nitrogens with zero attached hydrogens (tertiary/aromatic N) is 2. The van der Waals surface area contributed by atoms with Crippen molar-refractivity contribution in [2.45, 2.75) is 71.0 Å². The van der Waals surface area contributed by atoms with Crippen molar-refractivity contribution in [1.82, 2.24) is 14.9 Å². The highest BCUT2D eigenvalue weighted by molar-refractivity contribution is 5.57. The second-order valence-corrected chi connectivity index (χ2v) is 13.9. The molecule has 0 unspecified atom stereocenters. The zero-order valence-corrected chi connectivity index (χ0v) is 27.5. The van der Waals surface area contributed by atoms with Crippen LogP contribution >= 0.6 is 0 Å². The lowest BCUT2D eigenvalue weighted by Crippen LogP contribution is -2.39. The Balaban J connectivity index is 1.36. The Morgan fingerprint density at radius 2 is 1.09 bits per heavy atom. The van der Waals surface area contributed by atoms with Crippen molar-refractivity contribution in [3.8, 4) is 0 Å². The van der Waals surface area contributed by atoms with Gasteiger partial charge >= 0.3 is 5.69 Å². The Labute approximate surface area is 268 Å². The van der Waals surface area contributed by atoms with Crippen molar-refractivity contribution in [3.63, 3.8) is 0 Å². The van der Waals surface area contributed by atoms with Gasteiger partial charge in [0.15, 0.2) is 0 Å². The van der Waals surface area contributed by atoms with Crippen LogP contribution in [-0.4, -0.2) is 16.1 Å². The summed E-state index contributed by atoms with van der Waals surface area (Å²) in [5.41, 5.74) is 6.23. The van der Waals surface area contributed by atoms with E-state index in [9.17, 15) is 4.79 Å². The van der Waals surface area contributed by atoms with E-state index >= 15 is 0 Å². The largest absolute Gasteiger partial charge is 0.352 e. The topological polar surface area (TPSA) is 59.0 Å². The molecule has 232 valence electrons. The Bertz CT molecular complexity index is 1620. The summed E-state index contributed by atoms with van der Waals surface area (Å²) < 4.78 is 1.67. The van der Waals surface area contributed by atoms with Gasteiger partial charge in [-0.3, -0.25) is 4.57 Å². The molecule has 5 heteroatoms. The van der Waals surface area contributed by atoms with Crippen LogP contribution in [0.25, 0.3) is 0 Å². The first-order chi connectivity index (χ1) is 21.5. The predicted molar refractivity (Wildman–Crippen MR) is 187 cm³/mol. The first-order valence-electron chi connectivity index (χ1n) is 15.8. The van der Waals surface area contributed by atoms with Crippen LogP contribution in [0.3, 0.4) is 0 Å². The molecule has 5 rings (SSSR count). The number of hydrogen-bond acceptors (Lipinski definition) is 4. The van der Waals surface area contributed by atoms with Gasteiger partial charge in [-0.1, -0.05) is 151 Å². The van der Waals surface area contributed by atoms with Gasteiger partial charge in [-0.2, -0.15) is 4.98 Å². The predicted octanol–water partition coefficient (Wildman–Crippen LogP) is 8.03. The highest BCUT2D eigenvalue weighted by Gasteiger charge is 2.36. The molecule has 1 aromatic heterocycles. The van der Waals surface area contributed by atoms with Gasteiger partial charge in [-0.05, 0) is 50.3 Å². The Morgan fingerprint density at radius 3 is 1.51 bits per heavy atom. The molecule has 0 aliphatic carbocycles. The van der Waals surface area contributed by atoms with Crippen molar-refractivity contribution in [2.24, 2.45) is 0 Å². The maximum atomic E-state index is 13.3. The van der Waals surface area contributed by atoms with Gasteiger partial charge in [0.2, 0.25) is 0 Å². The molecule has 0 saturated heterocycles. The van der Waals surface area contributed by atoms with Crippen LogP contribution in [0, 0.1) is 0 Å². The van der Waals surface area contributed by atoms with E-state index < -0.39 is 5.54 Å². The van der Waals surface area contributed by atoms with Crippen LogP contribution in [0.4, 0.5) is 5.82 Å². The Kier molecular flexibility index (Phi) is 9.40. The molecular weight excluding hydrogens is 552 g/mol. The average Bonchev–Trinajstić information content (AvgIpc) is 3.03. The summed E-state index contributed by atoms with van der Waals surface area (Å²) in [5.74, 6) is 0.523. The molecule has 5 aromatic rings. The van der Waals surface area contributed by atoms with Crippen molar-refractivity contribution < 1.29 is 0 Å². The number of benzene rings is 4. The lowest BCUT2D eigenvalue weighted by Gasteiger charge is -2.37. The van der Waals surface area contributed by atoms with Gasteiger partial charge in [0.25, 0.3) is 0 Å². The molecule has 2 N–H and O–H groups in total. The zero-order valence-electron chi connectivity index (χ0n) is 27.5. The zero-order chi connectivity index (χ0) is 32.1. The van der Waals surface area contributed by atoms with Crippen LogP contribution < -0.4 is 16.3 Å². The van der Waals surface area contributed by atoms with E-state index in [1.165, 1.54) is 16.7 Å². The van der Waals surface area contributed by atoms with Crippen LogP contribution in [0.15, 0.2) is 126 Å². The Hall–Kier alpha value is -4.48. The minimum absolute atomic E-state index is 0.0733. The fourth-order valence-electron chi connectivity index (χ4n) is 5.73. The van der Waals surface area contributed by atoms with Crippen molar-refractivity contribution in [1.29, 1.82) is 0 Å². The summed E-state index contributed by atoms with van der Waals surface area (Å²) in [7, 11) is 0. The standard InChI is InChI=1S/C40H46N4O/c1-38(2,3)34-26-30(27-35(28-34)39(4,5)6)29-41-23-25-44-24-22-36(42-37(44)45)43-40(31-16-10-7-11-17-31,32-18-12-8-13-19-32)33-20-14-9-15-21-33/h7-22,24,26-28,41H,23,25,29H2,1-6H3,(H,42,43,45). The van der Waals surface area contributed by atoms with E-state index in [1.807, 2.05) is 66.9 Å². The van der Waals surface area contributed by atoms with Gasteiger partial charge in [-0.25, -0.2) is 4.79 Å². The lowest BCUT2D eigenvalue weighted by atomic mass is 9.77. The molecule has 0 fully saturated rings. The Morgan fingerprint density at radius 1 is 0.622 bits per heavy atom. The SMILES string of the molecule is CC(C)(C)c1cc(CNCCn2ccc(NC(c3ccccc3)(c3ccccc3)c3ccccc3)nc2=O)cc(C(C)(C)C)c1. The molecule has 0 saturated carbocycles. The highest BCUT2D eigenvalue weighted by atomic mass is 16.1. The molecule has 0 spiro atoms. The van der Waals surface area contributed by atoms with Gasteiger partial charge in [0.1, 0.15) is 11.4 Å². The third-order valence-electron chi connectivity index (χ3n) is 8.39. The molecule has 0 amide bonds. The number of rotatable bonds is 10. The maximum Gasteiger partial charge on any atom is 0.349 e. The quantitative estimate of drug-likeness (QED) is 0.126. The van der Waals surface area contributed by atoms with Crippen molar-refractivity contribution >= 4 is 5.82 Å². The highest BCUT2D eigenvalue weighted by Crippen LogP contribution is 2.39. The summed E-state index contributed by atoms with van der Waals surface area (Å²) in [6.07, 6.45) is 1.84. The molecule has 0 aliphatic heterocycles. The normalized spacial score (nSPS) is 12.2. The molecule has 0 aliphatic rings. The van der Waals surface area contributed by atoms with Gasteiger partial charge < -0.3 is 10.6 Å². The average molecular weight is 599 g/mol. The molecule has 1 heterocycles. The number of hydrogen-bond donors (Lipinski definition) is 2. The fourth-order valence-corrected chi connectivity index (χ4v) is 5.73. The van der Waals surface area contributed by atoms with Crippen LogP contribution in [0.5, 0.6) is 0 Å². The summed E-state index contributed by atoms with van der Waals surface area (Å²) in [6, 6.07) is 39.8. The minimum atomic E-state index is -0.746. The third kappa shape index (κ3) is 7.43. The molecule has 4 aromatic carbocycles. The summed E-state index contributed by atoms with van der Waals surface area (Å²) in [6.45, 7) is 15.5. The van der Waals surface area contributed by atoms with E-state index in [-0.39, 0.29) is 16.5 Å². The van der Waals surface area contributed by atoms with Gasteiger partial charge in [-0.15, -0.1) is 0 Å².